The molecule has 6 nitrogen and oxygen atoms in total. The molecule has 0 atom stereocenters. The predicted octanol–water partition coefficient (Wildman–Crippen LogP) is 5.29. The Morgan fingerprint density at radius 3 is 2.67 bits per heavy atom. The molecule has 0 unspecified atom stereocenters. The van der Waals surface area contributed by atoms with Gasteiger partial charge in [0.15, 0.2) is 0 Å². The Morgan fingerprint density at radius 2 is 1.96 bits per heavy atom. The Labute approximate surface area is 166 Å². The third-order valence-electron chi connectivity index (χ3n) is 3.45. The normalized spacial score (nSPS) is 10.4. The molecule has 136 valence electrons. The molecule has 0 radical (unpaired) electrons. The number of carbonyl (C=O) groups is 1. The van der Waals surface area contributed by atoms with Crippen LogP contribution in [0.15, 0.2) is 75.2 Å². The Kier molecular flexibility index (Phi) is 5.82. The highest BCUT2D eigenvalue weighted by atomic mass is 79.9. The maximum absolute atomic E-state index is 13.4. The number of amides is 1. The standard InChI is InChI=1S/C18H11BrFN3O3S/c19-11-5-8-17(21-10-11)27-16-4-2-1-3-13(16)18(24)22-12-6-7-14(20)15(9-12)23(25)26/h1-10H,(H,22,24). The number of hydrogen-bond acceptors (Lipinski definition) is 5. The van der Waals surface area contributed by atoms with Crippen LogP contribution < -0.4 is 5.32 Å². The molecule has 3 rings (SSSR count). The van der Waals surface area contributed by atoms with E-state index in [0.29, 0.717) is 15.5 Å². The first-order valence-corrected chi connectivity index (χ1v) is 9.19. The molecule has 0 aliphatic rings. The van der Waals surface area contributed by atoms with E-state index in [4.69, 9.17) is 0 Å². The fourth-order valence-electron chi connectivity index (χ4n) is 2.21. The quantitative estimate of drug-likeness (QED) is 0.423. The highest BCUT2D eigenvalue weighted by Crippen LogP contribution is 2.30. The van der Waals surface area contributed by atoms with E-state index in [-0.39, 0.29) is 5.69 Å². The van der Waals surface area contributed by atoms with Gasteiger partial charge in [0.2, 0.25) is 5.82 Å². The fraction of sp³-hybridized carbons (Fsp3) is 0. The van der Waals surface area contributed by atoms with Crippen LogP contribution in [-0.4, -0.2) is 15.8 Å². The van der Waals surface area contributed by atoms with E-state index in [9.17, 15) is 19.3 Å². The summed E-state index contributed by atoms with van der Waals surface area (Å²) in [5, 5.41) is 14.1. The van der Waals surface area contributed by atoms with Gasteiger partial charge in [-0.15, -0.1) is 0 Å². The Bertz CT molecular complexity index is 1010. The SMILES string of the molecule is O=C(Nc1ccc(F)c([N+](=O)[O-])c1)c1ccccc1Sc1ccc(Br)cn1. The summed E-state index contributed by atoms with van der Waals surface area (Å²) in [7, 11) is 0. The number of nitro benzene ring substituents is 1. The number of pyridine rings is 1. The molecule has 0 aliphatic heterocycles. The maximum Gasteiger partial charge on any atom is 0.306 e. The van der Waals surface area contributed by atoms with Gasteiger partial charge in [-0.3, -0.25) is 14.9 Å². The minimum atomic E-state index is -0.963. The number of nitrogens with one attached hydrogen (secondary N) is 1. The lowest BCUT2D eigenvalue weighted by molar-refractivity contribution is -0.387. The third-order valence-corrected chi connectivity index (χ3v) is 4.94. The van der Waals surface area contributed by atoms with Gasteiger partial charge in [0, 0.05) is 27.3 Å². The molecule has 3 aromatic rings. The van der Waals surface area contributed by atoms with Gasteiger partial charge >= 0.3 is 5.69 Å². The number of anilines is 1. The third kappa shape index (κ3) is 4.69. The lowest BCUT2D eigenvalue weighted by atomic mass is 10.2. The molecule has 1 N–H and O–H groups in total. The molecular weight excluding hydrogens is 437 g/mol. The molecule has 0 bridgehead atoms. The highest BCUT2D eigenvalue weighted by Gasteiger charge is 2.17. The predicted molar refractivity (Wildman–Crippen MR) is 104 cm³/mol. The average Bonchev–Trinajstić information content (AvgIpc) is 2.65. The number of rotatable bonds is 5. The van der Waals surface area contributed by atoms with Crippen molar-refractivity contribution in [2.24, 2.45) is 0 Å². The molecule has 0 aliphatic carbocycles. The number of benzene rings is 2. The number of halogens is 2. The van der Waals surface area contributed by atoms with Crippen LogP contribution in [0.25, 0.3) is 0 Å². The molecular formula is C18H11BrFN3O3S. The molecule has 0 saturated heterocycles. The molecule has 2 aromatic carbocycles. The van der Waals surface area contributed by atoms with Gasteiger partial charge in [-0.2, -0.15) is 4.39 Å². The van der Waals surface area contributed by atoms with E-state index < -0.39 is 22.3 Å². The number of aromatic nitrogens is 1. The molecule has 1 amide bonds. The monoisotopic (exact) mass is 447 g/mol. The van der Waals surface area contributed by atoms with Gasteiger partial charge in [0.25, 0.3) is 5.91 Å². The molecule has 0 spiro atoms. The zero-order chi connectivity index (χ0) is 19.4. The van der Waals surface area contributed by atoms with Gasteiger partial charge in [0.05, 0.1) is 10.5 Å². The summed E-state index contributed by atoms with van der Waals surface area (Å²) < 4.78 is 14.3. The van der Waals surface area contributed by atoms with Crippen molar-refractivity contribution < 1.29 is 14.1 Å². The molecule has 1 heterocycles. The number of nitro groups is 1. The van der Waals surface area contributed by atoms with Crippen LogP contribution in [0.5, 0.6) is 0 Å². The second-order valence-corrected chi connectivity index (χ2v) is 7.27. The summed E-state index contributed by atoms with van der Waals surface area (Å²) in [6.45, 7) is 0. The van der Waals surface area contributed by atoms with Crippen LogP contribution in [0.4, 0.5) is 15.8 Å². The van der Waals surface area contributed by atoms with Gasteiger partial charge in [0.1, 0.15) is 5.03 Å². The van der Waals surface area contributed by atoms with E-state index >= 15 is 0 Å². The van der Waals surface area contributed by atoms with Gasteiger partial charge in [-0.25, -0.2) is 4.98 Å². The van der Waals surface area contributed by atoms with Crippen LogP contribution in [-0.2, 0) is 0 Å². The minimum Gasteiger partial charge on any atom is -0.322 e. The highest BCUT2D eigenvalue weighted by molar-refractivity contribution is 9.10. The minimum absolute atomic E-state index is 0.134. The van der Waals surface area contributed by atoms with Crippen molar-refractivity contribution in [3.8, 4) is 0 Å². The Morgan fingerprint density at radius 1 is 1.19 bits per heavy atom. The van der Waals surface area contributed by atoms with Crippen molar-refractivity contribution in [1.82, 2.24) is 4.98 Å². The fourth-order valence-corrected chi connectivity index (χ4v) is 3.33. The summed E-state index contributed by atoms with van der Waals surface area (Å²) >= 11 is 4.63. The lowest BCUT2D eigenvalue weighted by Crippen LogP contribution is -2.13. The molecule has 0 fully saturated rings. The first kappa shape index (κ1) is 19.0. The number of nitrogens with zero attached hydrogens (tertiary/aromatic N) is 2. The summed E-state index contributed by atoms with van der Waals surface area (Å²) in [6, 6.07) is 13.8. The van der Waals surface area contributed by atoms with Crippen LogP contribution in [0.1, 0.15) is 10.4 Å². The Balaban J connectivity index is 1.84. The van der Waals surface area contributed by atoms with E-state index in [2.05, 4.69) is 26.2 Å². The molecule has 9 heteroatoms. The van der Waals surface area contributed by atoms with Gasteiger partial charge < -0.3 is 5.32 Å². The van der Waals surface area contributed by atoms with Crippen molar-refractivity contribution in [3.05, 3.63) is 86.8 Å². The number of carbonyl (C=O) groups excluding carboxylic acids is 1. The Hall–Kier alpha value is -2.78. The van der Waals surface area contributed by atoms with Crippen molar-refractivity contribution in [1.29, 1.82) is 0 Å². The first-order valence-electron chi connectivity index (χ1n) is 7.58. The van der Waals surface area contributed by atoms with Crippen molar-refractivity contribution >= 4 is 45.0 Å². The van der Waals surface area contributed by atoms with Gasteiger partial charge in [-0.1, -0.05) is 23.9 Å². The van der Waals surface area contributed by atoms with Crippen LogP contribution in [0.2, 0.25) is 0 Å². The smallest absolute Gasteiger partial charge is 0.306 e. The van der Waals surface area contributed by atoms with Crippen LogP contribution >= 0.6 is 27.7 Å². The summed E-state index contributed by atoms with van der Waals surface area (Å²) in [5.41, 5.74) is -0.191. The summed E-state index contributed by atoms with van der Waals surface area (Å²) in [6.07, 6.45) is 1.66. The van der Waals surface area contributed by atoms with Crippen LogP contribution in [0.3, 0.4) is 0 Å². The first-order chi connectivity index (χ1) is 12.9. The lowest BCUT2D eigenvalue weighted by Gasteiger charge is -2.10. The van der Waals surface area contributed by atoms with Crippen molar-refractivity contribution in [2.75, 3.05) is 5.32 Å². The van der Waals surface area contributed by atoms with E-state index in [1.165, 1.54) is 17.8 Å². The van der Waals surface area contributed by atoms with Gasteiger partial charge in [-0.05, 0) is 52.3 Å². The topological polar surface area (TPSA) is 85.1 Å². The van der Waals surface area contributed by atoms with E-state index in [1.807, 2.05) is 12.1 Å². The second kappa shape index (κ2) is 8.28. The largest absolute Gasteiger partial charge is 0.322 e. The summed E-state index contributed by atoms with van der Waals surface area (Å²) in [5.74, 6) is -1.42. The number of hydrogen-bond donors (Lipinski definition) is 1. The van der Waals surface area contributed by atoms with Crippen LogP contribution in [0, 0.1) is 15.9 Å². The zero-order valence-electron chi connectivity index (χ0n) is 13.6. The molecule has 1 aromatic heterocycles. The average molecular weight is 448 g/mol. The molecule has 27 heavy (non-hydrogen) atoms. The summed E-state index contributed by atoms with van der Waals surface area (Å²) in [4.78, 5) is 27.6. The van der Waals surface area contributed by atoms with Crippen molar-refractivity contribution in [3.63, 3.8) is 0 Å². The van der Waals surface area contributed by atoms with E-state index in [1.54, 1.807) is 30.5 Å². The van der Waals surface area contributed by atoms with E-state index in [0.717, 1.165) is 16.6 Å². The zero-order valence-corrected chi connectivity index (χ0v) is 16.0. The maximum atomic E-state index is 13.4. The second-order valence-electron chi connectivity index (χ2n) is 5.29. The van der Waals surface area contributed by atoms with Crippen molar-refractivity contribution in [2.45, 2.75) is 9.92 Å². The molecule has 0 saturated carbocycles.